The van der Waals surface area contributed by atoms with Crippen LogP contribution in [0.3, 0.4) is 0 Å². The monoisotopic (exact) mass is 110 g/mol. The van der Waals surface area contributed by atoms with Crippen molar-refractivity contribution in [1.82, 2.24) is 0 Å². The topological polar surface area (TPSA) is 46.1 Å². The predicted octanol–water partition coefficient (Wildman–Crippen LogP) is -6.66. The van der Waals surface area contributed by atoms with Gasteiger partial charge in [-0.2, -0.15) is 0 Å². The summed E-state index contributed by atoms with van der Waals surface area (Å²) < 4.78 is 17.6. The number of rotatable bonds is 0. The van der Waals surface area contributed by atoms with Gasteiger partial charge in [0.1, 0.15) is 0 Å². The first-order valence-corrected chi connectivity index (χ1v) is 2.50. The van der Waals surface area contributed by atoms with Gasteiger partial charge in [0, 0.05) is 0 Å². The van der Waals surface area contributed by atoms with Crippen LogP contribution in [0.5, 0.6) is 0 Å². The van der Waals surface area contributed by atoms with Gasteiger partial charge in [-0.25, -0.2) is 0 Å². The van der Waals surface area contributed by atoms with Crippen LogP contribution in [0.25, 0.3) is 0 Å². The molecule has 0 aromatic rings. The number of hydrogen-bond acceptors (Lipinski definition) is 3. The first kappa shape index (κ1) is 15.6. The van der Waals surface area contributed by atoms with Gasteiger partial charge in [0.05, 0.1) is 0 Å². The van der Waals surface area contributed by atoms with Crippen molar-refractivity contribution in [3.8, 4) is 0 Å². The average molecular weight is 110 g/mol. The first-order chi connectivity index (χ1) is 1.73. The molecule has 0 saturated carbocycles. The summed E-state index contributed by atoms with van der Waals surface area (Å²) in [7, 11) is -2.28. The second-order valence-electron chi connectivity index (χ2n) is 0.204. The van der Waals surface area contributed by atoms with Gasteiger partial charge in [-0.05, 0) is 0 Å². The summed E-state index contributed by atoms with van der Waals surface area (Å²) in [6.45, 7) is 0. The van der Waals surface area contributed by atoms with Gasteiger partial charge in [-0.15, -0.1) is 0 Å². The van der Waals surface area contributed by atoms with Gasteiger partial charge >= 0.3 is 37.7 Å². The molecule has 0 aromatic carbocycles. The van der Waals surface area contributed by atoms with E-state index in [0.717, 1.165) is 0 Å². The summed E-state index contributed by atoms with van der Waals surface area (Å²) in [5.41, 5.74) is 0. The molecule has 26 valence electrons. The van der Waals surface area contributed by atoms with E-state index in [2.05, 4.69) is 11.2 Å². The molecule has 6 heteroatoms. The molecule has 0 unspecified atom stereocenters. The van der Waals surface area contributed by atoms with Crippen LogP contribution < -0.4 is 37.7 Å². The largest absolute Gasteiger partial charge is 1.00 e. The Morgan fingerprint density at radius 1 is 1.17 bits per heavy atom. The first-order valence-electron chi connectivity index (χ1n) is 0.500. The summed E-state index contributed by atoms with van der Waals surface area (Å²) in [6.07, 6.45) is 0. The minimum absolute atomic E-state index is 0. The van der Waals surface area contributed by atoms with E-state index in [1.54, 1.807) is 0 Å². The molecule has 0 aliphatic heterocycles. The molecular weight excluding hydrogens is 110 g/mol. The molecule has 0 spiro atoms. The molecule has 2 nitrogen and oxygen atoms in total. The van der Waals surface area contributed by atoms with E-state index in [0.29, 0.717) is 0 Å². The molecule has 0 rings (SSSR count). The van der Waals surface area contributed by atoms with Crippen molar-refractivity contribution in [3.63, 3.8) is 0 Å². The Hall–Kier alpha value is 1.68. The summed E-state index contributed by atoms with van der Waals surface area (Å²) in [5.74, 6) is 0. The van der Waals surface area contributed by atoms with E-state index in [4.69, 9.17) is 9.11 Å². The third-order valence-electron chi connectivity index (χ3n) is 0. The maximum absolute atomic E-state index is 8.81. The molecule has 0 N–H and O–H groups in total. The Morgan fingerprint density at radius 2 is 1.17 bits per heavy atom. The Balaban J connectivity index is -0.0000000450. The third-order valence-corrected chi connectivity index (χ3v) is 0. The SMILES string of the molecule is [Li+].[Li+].[O-]S([O-])=S. The van der Waals surface area contributed by atoms with Crippen LogP contribution in [-0.2, 0) is 21.2 Å². The van der Waals surface area contributed by atoms with Gasteiger partial charge in [-0.3, -0.25) is 0 Å². The molecule has 0 radical (unpaired) electrons. The molecular formula is Li2O2S2. The van der Waals surface area contributed by atoms with Gasteiger partial charge < -0.3 is 19.1 Å². The molecule has 6 heavy (non-hydrogen) atoms. The van der Waals surface area contributed by atoms with Crippen molar-refractivity contribution in [3.05, 3.63) is 0 Å². The van der Waals surface area contributed by atoms with Crippen molar-refractivity contribution in [2.24, 2.45) is 0 Å². The average Bonchev–Trinajstić information content (AvgIpc) is 0.811. The van der Waals surface area contributed by atoms with Crippen LogP contribution in [0.4, 0.5) is 0 Å². The minimum atomic E-state index is -2.28. The zero-order valence-corrected chi connectivity index (χ0v) is 5.27. The Bertz CT molecular complexity index is 32.5. The second-order valence-corrected chi connectivity index (χ2v) is 1.43. The van der Waals surface area contributed by atoms with Crippen LogP contribution in [0.1, 0.15) is 0 Å². The summed E-state index contributed by atoms with van der Waals surface area (Å²) >= 11 is 3.54. The third kappa shape index (κ3) is 44.0. The second kappa shape index (κ2) is 9.84. The Labute approximate surface area is 67.7 Å². The van der Waals surface area contributed by atoms with E-state index in [9.17, 15) is 0 Å². The standard InChI is InChI=1S/2Li.H2O2S2/c;;1-4(2)3/h;;(H2,1,2,3)/q2*+1;/p-2. The summed E-state index contributed by atoms with van der Waals surface area (Å²) in [4.78, 5) is 0. The maximum atomic E-state index is 8.81. The Kier molecular flexibility index (Phi) is 25.7. The summed E-state index contributed by atoms with van der Waals surface area (Å²) in [5, 5.41) is 0. The van der Waals surface area contributed by atoms with Crippen molar-refractivity contribution in [2.75, 3.05) is 0 Å². The van der Waals surface area contributed by atoms with E-state index in [-0.39, 0.29) is 37.7 Å². The van der Waals surface area contributed by atoms with Crippen LogP contribution in [0.15, 0.2) is 0 Å². The fourth-order valence-corrected chi connectivity index (χ4v) is 0. The molecule has 0 heterocycles. The normalized spacial score (nSPS) is 5.83. The molecule has 0 aliphatic carbocycles. The maximum Gasteiger partial charge on any atom is 1.00 e. The van der Waals surface area contributed by atoms with Gasteiger partial charge in [0.2, 0.25) is 0 Å². The van der Waals surface area contributed by atoms with Crippen molar-refractivity contribution >= 4 is 21.2 Å². The van der Waals surface area contributed by atoms with Gasteiger partial charge in [-0.1, -0.05) is 11.2 Å². The fourth-order valence-electron chi connectivity index (χ4n) is 0. The van der Waals surface area contributed by atoms with Gasteiger partial charge in [0.25, 0.3) is 0 Å². The molecule has 0 aliphatic rings. The minimum Gasteiger partial charge on any atom is -0.806 e. The van der Waals surface area contributed by atoms with E-state index >= 15 is 0 Å². The van der Waals surface area contributed by atoms with Crippen molar-refractivity contribution in [2.45, 2.75) is 0 Å². The fraction of sp³-hybridized carbons (Fsp3) is 0. The molecule has 0 aromatic heterocycles. The van der Waals surface area contributed by atoms with Crippen LogP contribution in [0.2, 0.25) is 0 Å². The Morgan fingerprint density at radius 3 is 1.17 bits per heavy atom. The van der Waals surface area contributed by atoms with E-state index in [1.807, 2.05) is 0 Å². The van der Waals surface area contributed by atoms with Crippen LogP contribution in [-0.4, -0.2) is 9.11 Å². The molecule has 0 bridgehead atoms. The van der Waals surface area contributed by atoms with Crippen molar-refractivity contribution < 1.29 is 46.8 Å². The van der Waals surface area contributed by atoms with Gasteiger partial charge in [0.15, 0.2) is 0 Å². The quantitative estimate of drug-likeness (QED) is 0.291. The zero-order valence-electron chi connectivity index (χ0n) is 3.63. The summed E-state index contributed by atoms with van der Waals surface area (Å²) in [6, 6.07) is 0. The van der Waals surface area contributed by atoms with Crippen LogP contribution >= 0.6 is 0 Å². The molecule has 0 fully saturated rings. The predicted molar refractivity (Wildman–Crippen MR) is 16.3 cm³/mol. The molecule has 0 saturated heterocycles. The van der Waals surface area contributed by atoms with Crippen molar-refractivity contribution in [1.29, 1.82) is 0 Å². The smallest absolute Gasteiger partial charge is 0.806 e. The number of hydrogen-bond donors (Lipinski definition) is 0. The zero-order chi connectivity index (χ0) is 3.58. The van der Waals surface area contributed by atoms with E-state index in [1.165, 1.54) is 0 Å². The van der Waals surface area contributed by atoms with Crippen LogP contribution in [0, 0.1) is 0 Å². The molecule has 0 amide bonds. The van der Waals surface area contributed by atoms with E-state index < -0.39 is 10.0 Å². The molecule has 0 atom stereocenters.